The van der Waals surface area contributed by atoms with Crippen molar-refractivity contribution in [1.82, 2.24) is 0 Å². The lowest BCUT2D eigenvalue weighted by Crippen LogP contribution is -2.12. The van der Waals surface area contributed by atoms with Crippen molar-refractivity contribution in [2.75, 3.05) is 0 Å². The molecule has 0 spiro atoms. The molecule has 0 saturated carbocycles. The van der Waals surface area contributed by atoms with E-state index in [1.54, 1.807) is 0 Å². The molecule has 3 nitrogen and oxygen atoms in total. The molecule has 0 aromatic heterocycles. The normalized spacial score (nSPS) is 18.6. The highest BCUT2D eigenvalue weighted by molar-refractivity contribution is 5.96. The van der Waals surface area contributed by atoms with Crippen molar-refractivity contribution < 1.29 is 14.3 Å². The molecule has 0 N–H and O–H groups in total. The maximum atomic E-state index is 11.6. The van der Waals surface area contributed by atoms with Crippen LogP contribution in [-0.2, 0) is 14.3 Å². The van der Waals surface area contributed by atoms with Crippen molar-refractivity contribution in [2.24, 2.45) is 5.92 Å². The van der Waals surface area contributed by atoms with Crippen molar-refractivity contribution >= 4 is 11.9 Å². The first-order valence-electron chi connectivity index (χ1n) is 7.47. The Hall–Kier alpha value is -1.12. The molecule has 0 radical (unpaired) electrons. The SMILES string of the molecule is CCCCCCCCC(=C(C)C)C1CC(=O)OC1=O. The Bertz CT molecular complexity index is 351. The molecule has 1 fully saturated rings. The van der Waals surface area contributed by atoms with Gasteiger partial charge in [0.1, 0.15) is 0 Å². The second-order valence-corrected chi connectivity index (χ2v) is 5.59. The Balaban J connectivity index is 2.41. The summed E-state index contributed by atoms with van der Waals surface area (Å²) in [5.41, 5.74) is 2.27. The summed E-state index contributed by atoms with van der Waals surface area (Å²) in [6, 6.07) is 0. The average molecular weight is 266 g/mol. The molecule has 19 heavy (non-hydrogen) atoms. The minimum Gasteiger partial charge on any atom is -0.393 e. The number of hydrogen-bond acceptors (Lipinski definition) is 3. The molecule has 1 aliphatic heterocycles. The summed E-state index contributed by atoms with van der Waals surface area (Å²) >= 11 is 0. The predicted octanol–water partition coefficient (Wildman–Crippen LogP) is 4.16. The molecule has 0 aliphatic carbocycles. The molecule has 1 saturated heterocycles. The Labute approximate surface area is 116 Å². The van der Waals surface area contributed by atoms with Gasteiger partial charge in [-0.2, -0.15) is 0 Å². The third-order valence-corrected chi connectivity index (χ3v) is 3.73. The molecule has 1 atom stereocenters. The van der Waals surface area contributed by atoms with Gasteiger partial charge in [0.15, 0.2) is 0 Å². The summed E-state index contributed by atoms with van der Waals surface area (Å²) in [6.07, 6.45) is 8.57. The first-order chi connectivity index (χ1) is 9.06. The molecular formula is C16H26O3. The van der Waals surface area contributed by atoms with Crippen LogP contribution < -0.4 is 0 Å². The first kappa shape index (κ1) is 15.9. The Kier molecular flexibility index (Phi) is 6.82. The number of carbonyl (C=O) groups is 2. The molecule has 1 rings (SSSR count). The highest BCUT2D eigenvalue weighted by Gasteiger charge is 2.36. The molecule has 0 aromatic rings. The fourth-order valence-electron chi connectivity index (χ4n) is 2.61. The second-order valence-electron chi connectivity index (χ2n) is 5.59. The summed E-state index contributed by atoms with van der Waals surface area (Å²) in [6.45, 7) is 6.25. The zero-order valence-electron chi connectivity index (χ0n) is 12.5. The van der Waals surface area contributed by atoms with Crippen molar-refractivity contribution in [3.8, 4) is 0 Å². The number of cyclic esters (lactones) is 2. The van der Waals surface area contributed by atoms with Gasteiger partial charge in [0.2, 0.25) is 0 Å². The minimum atomic E-state index is -0.378. The monoisotopic (exact) mass is 266 g/mol. The summed E-state index contributed by atoms with van der Waals surface area (Å²) in [7, 11) is 0. The third-order valence-electron chi connectivity index (χ3n) is 3.73. The Morgan fingerprint density at radius 3 is 2.26 bits per heavy atom. The van der Waals surface area contributed by atoms with Crippen LogP contribution in [0.3, 0.4) is 0 Å². The quantitative estimate of drug-likeness (QED) is 0.287. The van der Waals surface area contributed by atoms with Gasteiger partial charge < -0.3 is 4.74 Å². The Morgan fingerprint density at radius 1 is 1.11 bits per heavy atom. The van der Waals surface area contributed by atoms with Crippen LogP contribution in [0.2, 0.25) is 0 Å². The highest BCUT2D eigenvalue weighted by Crippen LogP contribution is 2.30. The highest BCUT2D eigenvalue weighted by atomic mass is 16.6. The summed E-state index contributed by atoms with van der Waals surface area (Å²) in [4.78, 5) is 22.8. The van der Waals surface area contributed by atoms with Crippen LogP contribution in [0.1, 0.15) is 72.1 Å². The van der Waals surface area contributed by atoms with E-state index in [0.29, 0.717) is 0 Å². The fourth-order valence-corrected chi connectivity index (χ4v) is 2.61. The lowest BCUT2D eigenvalue weighted by molar-refractivity contribution is -0.152. The molecule has 1 aliphatic rings. The van der Waals surface area contributed by atoms with E-state index in [0.717, 1.165) is 24.0 Å². The van der Waals surface area contributed by atoms with Gasteiger partial charge in [-0.15, -0.1) is 0 Å². The van der Waals surface area contributed by atoms with Crippen molar-refractivity contribution in [3.05, 3.63) is 11.1 Å². The maximum Gasteiger partial charge on any atom is 0.321 e. The van der Waals surface area contributed by atoms with Crippen LogP contribution in [-0.4, -0.2) is 11.9 Å². The number of ether oxygens (including phenoxy) is 1. The number of carbonyl (C=O) groups excluding carboxylic acids is 2. The van der Waals surface area contributed by atoms with Crippen molar-refractivity contribution in [2.45, 2.75) is 72.1 Å². The third kappa shape index (κ3) is 5.17. The minimum absolute atomic E-state index is 0.231. The number of esters is 2. The van der Waals surface area contributed by atoms with Gasteiger partial charge >= 0.3 is 11.9 Å². The molecule has 1 heterocycles. The molecule has 0 bridgehead atoms. The van der Waals surface area contributed by atoms with E-state index in [-0.39, 0.29) is 24.3 Å². The lowest BCUT2D eigenvalue weighted by Gasteiger charge is -2.13. The van der Waals surface area contributed by atoms with Crippen molar-refractivity contribution in [1.29, 1.82) is 0 Å². The van der Waals surface area contributed by atoms with Crippen LogP contribution in [0.4, 0.5) is 0 Å². The average Bonchev–Trinajstić information content (AvgIpc) is 2.67. The zero-order chi connectivity index (χ0) is 14.3. The van der Waals surface area contributed by atoms with Gasteiger partial charge in [0.05, 0.1) is 12.3 Å². The van der Waals surface area contributed by atoms with Gasteiger partial charge in [0.25, 0.3) is 0 Å². The van der Waals surface area contributed by atoms with Gasteiger partial charge in [-0.1, -0.05) is 50.2 Å². The molecular weight excluding hydrogens is 240 g/mol. The lowest BCUT2D eigenvalue weighted by atomic mass is 9.89. The summed E-state index contributed by atoms with van der Waals surface area (Å²) < 4.78 is 4.65. The number of allylic oxidation sites excluding steroid dienone is 1. The number of unbranched alkanes of at least 4 members (excludes halogenated alkanes) is 5. The smallest absolute Gasteiger partial charge is 0.321 e. The van der Waals surface area contributed by atoms with Gasteiger partial charge in [-0.25, -0.2) is 0 Å². The molecule has 0 aromatic carbocycles. The van der Waals surface area contributed by atoms with Crippen LogP contribution >= 0.6 is 0 Å². The number of rotatable bonds is 8. The van der Waals surface area contributed by atoms with Crippen molar-refractivity contribution in [3.63, 3.8) is 0 Å². The zero-order valence-corrected chi connectivity index (χ0v) is 12.5. The van der Waals surface area contributed by atoms with Gasteiger partial charge in [0, 0.05) is 0 Å². The van der Waals surface area contributed by atoms with Crippen LogP contribution in [0.5, 0.6) is 0 Å². The molecule has 108 valence electrons. The van der Waals surface area contributed by atoms with Crippen LogP contribution in [0.25, 0.3) is 0 Å². The van der Waals surface area contributed by atoms with E-state index >= 15 is 0 Å². The predicted molar refractivity (Wildman–Crippen MR) is 75.6 cm³/mol. The van der Waals surface area contributed by atoms with E-state index in [2.05, 4.69) is 11.7 Å². The molecule has 3 heteroatoms. The first-order valence-corrected chi connectivity index (χ1v) is 7.47. The van der Waals surface area contributed by atoms with Crippen LogP contribution in [0, 0.1) is 5.92 Å². The van der Waals surface area contributed by atoms with Gasteiger partial charge in [-0.3, -0.25) is 9.59 Å². The van der Waals surface area contributed by atoms with E-state index in [1.807, 2.05) is 13.8 Å². The Morgan fingerprint density at radius 2 is 1.74 bits per heavy atom. The summed E-state index contributed by atoms with van der Waals surface area (Å²) in [5.74, 6) is -1.04. The molecule has 0 amide bonds. The molecule has 1 unspecified atom stereocenters. The topological polar surface area (TPSA) is 43.4 Å². The van der Waals surface area contributed by atoms with E-state index in [4.69, 9.17) is 0 Å². The number of hydrogen-bond donors (Lipinski definition) is 0. The maximum absolute atomic E-state index is 11.6. The standard InChI is InChI=1S/C16H26O3/c1-4-5-6-7-8-9-10-13(12(2)3)14-11-15(17)19-16(14)18/h14H,4-11H2,1-3H3. The van der Waals surface area contributed by atoms with E-state index in [9.17, 15) is 9.59 Å². The van der Waals surface area contributed by atoms with Crippen LogP contribution in [0.15, 0.2) is 11.1 Å². The van der Waals surface area contributed by atoms with E-state index < -0.39 is 0 Å². The largest absolute Gasteiger partial charge is 0.393 e. The fraction of sp³-hybridized carbons (Fsp3) is 0.750. The second kappa shape index (κ2) is 8.13. The summed E-state index contributed by atoms with van der Waals surface area (Å²) in [5, 5.41) is 0. The van der Waals surface area contributed by atoms with E-state index in [1.165, 1.54) is 32.1 Å². The van der Waals surface area contributed by atoms with Gasteiger partial charge in [-0.05, 0) is 26.7 Å².